The smallest absolute Gasteiger partial charge is 0.299 e. The molecule has 3 rings (SSSR count). The zero-order chi connectivity index (χ0) is 18.9. The van der Waals surface area contributed by atoms with Crippen LogP contribution >= 0.6 is 11.3 Å². The van der Waals surface area contributed by atoms with E-state index in [1.807, 2.05) is 38.1 Å². The van der Waals surface area contributed by atoms with Gasteiger partial charge < -0.3 is 0 Å². The minimum absolute atomic E-state index is 0.0746. The van der Waals surface area contributed by atoms with Crippen LogP contribution in [0.3, 0.4) is 0 Å². The highest BCUT2D eigenvalue weighted by atomic mass is 32.2. The number of benzene rings is 2. The topological polar surface area (TPSA) is 68.2 Å². The second-order valence-electron chi connectivity index (χ2n) is 6.18. The third kappa shape index (κ3) is 3.60. The van der Waals surface area contributed by atoms with E-state index in [2.05, 4.69) is 11.6 Å². The maximum absolute atomic E-state index is 12.8. The lowest BCUT2D eigenvalue weighted by atomic mass is 10.1. The Bertz CT molecular complexity index is 1080. The van der Waals surface area contributed by atoms with Gasteiger partial charge in [-0.1, -0.05) is 42.5 Å². The molecule has 0 fully saturated rings. The number of nitrogens with one attached hydrogen (secondary N) is 1. The first kappa shape index (κ1) is 18.8. The molecule has 1 atom stereocenters. The van der Waals surface area contributed by atoms with E-state index in [4.69, 9.17) is 0 Å². The van der Waals surface area contributed by atoms with E-state index >= 15 is 0 Å². The van der Waals surface area contributed by atoms with E-state index in [1.54, 1.807) is 22.8 Å². The predicted molar refractivity (Wildman–Crippen MR) is 106 cm³/mol. The molecule has 1 N–H and O–H groups in total. The van der Waals surface area contributed by atoms with Crippen molar-refractivity contribution in [3.63, 3.8) is 0 Å². The first-order valence-electron chi connectivity index (χ1n) is 8.60. The monoisotopic (exact) mass is 390 g/mol. The minimum atomic E-state index is -3.68. The number of thiazole rings is 1. The van der Waals surface area contributed by atoms with E-state index in [0.717, 1.165) is 28.8 Å². The lowest BCUT2D eigenvalue weighted by Gasteiger charge is -2.15. The van der Waals surface area contributed by atoms with Crippen LogP contribution in [0, 0.1) is 0 Å². The molecule has 0 saturated heterocycles. The third-order valence-corrected chi connectivity index (χ3v) is 6.97. The molecule has 0 radical (unpaired) electrons. The number of sulfonamides is 1. The summed E-state index contributed by atoms with van der Waals surface area (Å²) in [4.78, 5) is 12.1. The zero-order valence-electron chi connectivity index (χ0n) is 15.0. The molecule has 26 heavy (non-hydrogen) atoms. The van der Waals surface area contributed by atoms with Crippen LogP contribution in [0.15, 0.2) is 52.2 Å². The van der Waals surface area contributed by atoms with Crippen molar-refractivity contribution in [1.82, 2.24) is 9.29 Å². The molecule has 0 aliphatic carbocycles. The molecule has 0 aliphatic heterocycles. The van der Waals surface area contributed by atoms with Crippen LogP contribution in [0.2, 0.25) is 0 Å². The van der Waals surface area contributed by atoms with E-state index in [9.17, 15) is 13.2 Å². The van der Waals surface area contributed by atoms with Crippen molar-refractivity contribution in [2.45, 2.75) is 44.7 Å². The molecule has 138 valence electrons. The highest BCUT2D eigenvalue weighted by molar-refractivity contribution is 7.89. The minimum Gasteiger partial charge on any atom is -0.299 e. The highest BCUT2D eigenvalue weighted by Gasteiger charge is 2.20. The maximum Gasteiger partial charge on any atom is 0.308 e. The Balaban J connectivity index is 1.89. The fourth-order valence-corrected chi connectivity index (χ4v) is 5.25. The zero-order valence-corrected chi connectivity index (χ0v) is 16.7. The van der Waals surface area contributed by atoms with Crippen molar-refractivity contribution in [2.75, 3.05) is 0 Å². The SMILES string of the molecule is CCc1ccc(C(C)NS(=O)(=O)c2ccc3c(c2)sc(=O)n3CC)cc1. The average Bonchev–Trinajstić information content (AvgIpc) is 2.95. The number of fused-ring (bicyclic) bond motifs is 1. The first-order valence-corrected chi connectivity index (χ1v) is 10.9. The molecular formula is C19H22N2O3S2. The Morgan fingerprint density at radius 1 is 1.12 bits per heavy atom. The lowest BCUT2D eigenvalue weighted by Crippen LogP contribution is -2.26. The molecule has 1 heterocycles. The molecule has 7 heteroatoms. The van der Waals surface area contributed by atoms with E-state index in [1.165, 1.54) is 5.56 Å². The van der Waals surface area contributed by atoms with Crippen LogP contribution in [0.25, 0.3) is 10.2 Å². The maximum atomic E-state index is 12.8. The molecule has 5 nitrogen and oxygen atoms in total. The fourth-order valence-electron chi connectivity index (χ4n) is 2.92. The van der Waals surface area contributed by atoms with Gasteiger partial charge in [0.1, 0.15) is 0 Å². The number of rotatable bonds is 6. The van der Waals surface area contributed by atoms with Gasteiger partial charge in [-0.15, -0.1) is 0 Å². The molecule has 1 unspecified atom stereocenters. The third-order valence-electron chi connectivity index (χ3n) is 4.49. The van der Waals surface area contributed by atoms with Gasteiger partial charge in [-0.3, -0.25) is 9.36 Å². The van der Waals surface area contributed by atoms with E-state index < -0.39 is 10.0 Å². The van der Waals surface area contributed by atoms with Crippen LogP contribution in [0.5, 0.6) is 0 Å². The summed E-state index contributed by atoms with van der Waals surface area (Å²) in [5, 5.41) is 0. The van der Waals surface area contributed by atoms with Crippen LogP contribution in [0.4, 0.5) is 0 Å². The quantitative estimate of drug-likeness (QED) is 0.698. The first-order chi connectivity index (χ1) is 12.4. The van der Waals surface area contributed by atoms with Gasteiger partial charge in [0.25, 0.3) is 0 Å². The Morgan fingerprint density at radius 2 is 1.81 bits per heavy atom. The van der Waals surface area contributed by atoms with Crippen molar-refractivity contribution < 1.29 is 8.42 Å². The molecular weight excluding hydrogens is 368 g/mol. The molecule has 3 aromatic rings. The van der Waals surface area contributed by atoms with E-state index in [0.29, 0.717) is 11.2 Å². The lowest BCUT2D eigenvalue weighted by molar-refractivity contribution is 0.567. The molecule has 0 saturated carbocycles. The summed E-state index contributed by atoms with van der Waals surface area (Å²) in [5.74, 6) is 0. The normalized spacial score (nSPS) is 13.2. The number of aryl methyl sites for hydroxylation is 2. The molecule has 0 amide bonds. The van der Waals surface area contributed by atoms with E-state index in [-0.39, 0.29) is 15.8 Å². The van der Waals surface area contributed by atoms with Crippen LogP contribution in [-0.4, -0.2) is 13.0 Å². The van der Waals surface area contributed by atoms with Gasteiger partial charge in [0.2, 0.25) is 10.0 Å². The summed E-state index contributed by atoms with van der Waals surface area (Å²) in [6, 6.07) is 12.4. The van der Waals surface area contributed by atoms with Crippen LogP contribution in [-0.2, 0) is 23.0 Å². The molecule has 2 aromatic carbocycles. The van der Waals surface area contributed by atoms with Gasteiger partial charge in [-0.05, 0) is 49.6 Å². The predicted octanol–water partition coefficient (Wildman–Crippen LogP) is 3.68. The second kappa shape index (κ2) is 7.34. The molecule has 0 spiro atoms. The van der Waals surface area contributed by atoms with Crippen molar-refractivity contribution >= 4 is 31.6 Å². The van der Waals surface area contributed by atoms with Crippen LogP contribution < -0.4 is 9.60 Å². The highest BCUT2D eigenvalue weighted by Crippen LogP contribution is 2.23. The van der Waals surface area contributed by atoms with Crippen molar-refractivity contribution in [3.8, 4) is 0 Å². The van der Waals surface area contributed by atoms with Gasteiger partial charge in [-0.2, -0.15) is 0 Å². The summed E-state index contributed by atoms with van der Waals surface area (Å²) >= 11 is 1.07. The van der Waals surface area contributed by atoms with Crippen molar-refractivity contribution in [2.24, 2.45) is 0 Å². The van der Waals surface area contributed by atoms with Gasteiger partial charge in [0, 0.05) is 12.6 Å². The Labute approximate surface area is 157 Å². The molecule has 0 bridgehead atoms. The molecule has 1 aromatic heterocycles. The number of nitrogens with zero attached hydrogens (tertiary/aromatic N) is 1. The van der Waals surface area contributed by atoms with Gasteiger partial charge in [0.05, 0.1) is 15.1 Å². The summed E-state index contributed by atoms with van der Waals surface area (Å²) < 4.78 is 30.5. The Morgan fingerprint density at radius 3 is 2.42 bits per heavy atom. The molecule has 0 aliphatic rings. The fraction of sp³-hybridized carbons (Fsp3) is 0.316. The van der Waals surface area contributed by atoms with Gasteiger partial charge in [0.15, 0.2) is 0 Å². The summed E-state index contributed by atoms with van der Waals surface area (Å²) in [6.07, 6.45) is 0.945. The van der Waals surface area contributed by atoms with Crippen LogP contribution in [0.1, 0.15) is 37.9 Å². The number of aromatic nitrogens is 1. The van der Waals surface area contributed by atoms with Crippen molar-refractivity contribution in [1.29, 1.82) is 0 Å². The summed E-state index contributed by atoms with van der Waals surface area (Å²) in [6.45, 7) is 6.36. The van der Waals surface area contributed by atoms with Gasteiger partial charge in [-0.25, -0.2) is 13.1 Å². The summed E-state index contributed by atoms with van der Waals surface area (Å²) in [7, 11) is -3.68. The summed E-state index contributed by atoms with van der Waals surface area (Å²) in [5.41, 5.74) is 2.89. The van der Waals surface area contributed by atoms with Gasteiger partial charge >= 0.3 is 4.87 Å². The number of hydrogen-bond acceptors (Lipinski definition) is 4. The Kier molecular flexibility index (Phi) is 5.32. The number of hydrogen-bond donors (Lipinski definition) is 1. The standard InChI is InChI=1S/C19H22N2O3S2/c1-4-14-6-8-15(9-7-14)13(3)20-26(23,24)16-10-11-17-18(12-16)25-19(22)21(17)5-2/h6-13,20H,4-5H2,1-3H3. The Hall–Kier alpha value is -1.96. The van der Waals surface area contributed by atoms with Crippen molar-refractivity contribution in [3.05, 3.63) is 63.3 Å². The largest absolute Gasteiger partial charge is 0.308 e. The average molecular weight is 391 g/mol. The second-order valence-corrected chi connectivity index (χ2v) is 8.89.